The third-order valence-corrected chi connectivity index (χ3v) is 10.4. The highest BCUT2D eigenvalue weighted by Crippen LogP contribution is 2.43. The molecule has 0 bridgehead atoms. The number of hydrogen-bond donors (Lipinski definition) is 0. The van der Waals surface area contributed by atoms with E-state index in [1.165, 1.54) is 6.08 Å². The van der Waals surface area contributed by atoms with Gasteiger partial charge in [0.1, 0.15) is 18.6 Å². The number of fused-ring (bicyclic) bond motifs is 4. The van der Waals surface area contributed by atoms with E-state index in [0.717, 1.165) is 64.4 Å². The van der Waals surface area contributed by atoms with E-state index in [2.05, 4.69) is 52.8 Å². The van der Waals surface area contributed by atoms with Crippen LogP contribution in [-0.2, 0) is 4.79 Å². The number of ether oxygens (including phenoxy) is 1. The monoisotopic (exact) mass is 597 g/mol. The Hall–Kier alpha value is -3.75. The second kappa shape index (κ2) is 10.2. The molecule has 4 atom stereocenters. The molecule has 4 aliphatic rings. The lowest BCUT2D eigenvalue weighted by Gasteiger charge is -2.47. The van der Waals surface area contributed by atoms with Crippen LogP contribution < -0.4 is 9.64 Å². The van der Waals surface area contributed by atoms with Crippen LogP contribution in [-0.4, -0.2) is 82.3 Å². The third kappa shape index (κ3) is 4.29. The van der Waals surface area contributed by atoms with Crippen molar-refractivity contribution in [1.82, 2.24) is 19.8 Å². The van der Waals surface area contributed by atoms with Crippen LogP contribution in [0, 0.1) is 0 Å². The van der Waals surface area contributed by atoms with Crippen LogP contribution in [0.4, 0.5) is 10.2 Å². The average molecular weight is 598 g/mol. The molecule has 4 aromatic rings. The topological polar surface area (TPSA) is 61.8 Å². The van der Waals surface area contributed by atoms with Crippen LogP contribution >= 0.6 is 11.6 Å². The molecule has 4 aliphatic heterocycles. The normalized spacial score (nSPS) is 26.5. The minimum absolute atomic E-state index is 0.0230. The van der Waals surface area contributed by atoms with E-state index < -0.39 is 6.17 Å². The maximum atomic E-state index is 14.5. The van der Waals surface area contributed by atoms with Gasteiger partial charge < -0.3 is 14.5 Å². The van der Waals surface area contributed by atoms with Gasteiger partial charge in [0.25, 0.3) is 0 Å². The van der Waals surface area contributed by atoms with Gasteiger partial charge in [-0.25, -0.2) is 4.39 Å². The first-order valence-electron chi connectivity index (χ1n) is 15.2. The summed E-state index contributed by atoms with van der Waals surface area (Å²) in [5, 5.41) is 3.71. The molecule has 0 unspecified atom stereocenters. The van der Waals surface area contributed by atoms with Crippen molar-refractivity contribution in [1.29, 1.82) is 0 Å². The summed E-state index contributed by atoms with van der Waals surface area (Å²) in [6, 6.07) is 19.0. The first-order valence-corrected chi connectivity index (χ1v) is 15.5. The fourth-order valence-electron chi connectivity index (χ4n) is 7.98. The van der Waals surface area contributed by atoms with Gasteiger partial charge in [-0.3, -0.25) is 9.69 Å². The molecule has 4 fully saturated rings. The standard InChI is InChI=1S/C34H33ClFN5O2/c1-2-30(42)40-15-12-28-29(40)19-41(28)32-25-11-10-22(24-8-3-6-21-7-4-9-26(35)31(21)24)16-27(25)37-33(38-32)43-20-34-13-5-14-39(34)18-23(36)17-34/h2-4,6-11,16,23,28-29H,1,5,12-15,17-20H2/t23-,28-,29-,34+/m1/s1. The molecule has 8 rings (SSSR count). The maximum Gasteiger partial charge on any atom is 0.319 e. The van der Waals surface area contributed by atoms with Crippen molar-refractivity contribution in [2.75, 3.05) is 37.7 Å². The largest absolute Gasteiger partial charge is 0.461 e. The van der Waals surface area contributed by atoms with Crippen molar-refractivity contribution in [2.24, 2.45) is 0 Å². The number of likely N-dealkylation sites (tertiary alicyclic amines) is 1. The third-order valence-electron chi connectivity index (χ3n) is 10.1. The Labute approximate surface area is 254 Å². The van der Waals surface area contributed by atoms with Gasteiger partial charge in [0.15, 0.2) is 0 Å². The van der Waals surface area contributed by atoms with Gasteiger partial charge in [-0.05, 0) is 66.6 Å². The minimum Gasteiger partial charge on any atom is -0.461 e. The number of aromatic nitrogens is 2. The summed E-state index contributed by atoms with van der Waals surface area (Å²) in [5.41, 5.74) is 2.52. The zero-order valence-corrected chi connectivity index (χ0v) is 24.6. The number of nitrogens with zero attached hydrogens (tertiary/aromatic N) is 5. The summed E-state index contributed by atoms with van der Waals surface area (Å²) in [4.78, 5) is 28.7. The van der Waals surface area contributed by atoms with Gasteiger partial charge in [-0.1, -0.05) is 54.6 Å². The Morgan fingerprint density at radius 3 is 2.84 bits per heavy atom. The minimum atomic E-state index is -0.825. The molecule has 9 heteroatoms. The van der Waals surface area contributed by atoms with Crippen molar-refractivity contribution < 1.29 is 13.9 Å². The summed E-state index contributed by atoms with van der Waals surface area (Å²) in [6.07, 6.45) is 3.90. The molecule has 0 radical (unpaired) electrons. The van der Waals surface area contributed by atoms with Crippen LogP contribution in [0.5, 0.6) is 6.01 Å². The molecule has 3 aromatic carbocycles. The molecule has 4 saturated heterocycles. The fraction of sp³-hybridized carbons (Fsp3) is 0.382. The molecule has 1 amide bonds. The summed E-state index contributed by atoms with van der Waals surface area (Å²) in [6.45, 7) is 6.82. The van der Waals surface area contributed by atoms with Gasteiger partial charge in [0, 0.05) is 41.9 Å². The van der Waals surface area contributed by atoms with Crippen LogP contribution in [0.25, 0.3) is 32.8 Å². The molecule has 43 heavy (non-hydrogen) atoms. The second-order valence-electron chi connectivity index (χ2n) is 12.4. The van der Waals surface area contributed by atoms with Crippen LogP contribution in [0.2, 0.25) is 5.02 Å². The number of carbonyl (C=O) groups is 1. The maximum absolute atomic E-state index is 14.5. The second-order valence-corrected chi connectivity index (χ2v) is 12.8. The van der Waals surface area contributed by atoms with Gasteiger partial charge in [0.05, 0.1) is 23.1 Å². The van der Waals surface area contributed by atoms with Crippen molar-refractivity contribution in [3.8, 4) is 17.1 Å². The Balaban J connectivity index is 1.19. The Kier molecular flexibility index (Phi) is 6.35. The Morgan fingerprint density at radius 2 is 1.98 bits per heavy atom. The fourth-order valence-corrected chi connectivity index (χ4v) is 8.26. The van der Waals surface area contributed by atoms with Crippen LogP contribution in [0.3, 0.4) is 0 Å². The van der Waals surface area contributed by atoms with E-state index >= 15 is 0 Å². The molecule has 0 saturated carbocycles. The lowest BCUT2D eigenvalue weighted by Crippen LogP contribution is -2.63. The molecule has 0 aliphatic carbocycles. The first-order chi connectivity index (χ1) is 20.9. The number of amides is 1. The van der Waals surface area contributed by atoms with Crippen molar-refractivity contribution >= 4 is 45.0 Å². The van der Waals surface area contributed by atoms with Crippen molar-refractivity contribution in [3.05, 3.63) is 72.3 Å². The van der Waals surface area contributed by atoms with E-state index in [4.69, 9.17) is 26.3 Å². The molecule has 0 spiro atoms. The average Bonchev–Trinajstić information content (AvgIpc) is 3.64. The quantitative estimate of drug-likeness (QED) is 0.253. The van der Waals surface area contributed by atoms with Crippen LogP contribution in [0.15, 0.2) is 67.3 Å². The van der Waals surface area contributed by atoms with E-state index in [1.54, 1.807) is 0 Å². The molecule has 5 heterocycles. The zero-order chi connectivity index (χ0) is 29.3. The number of carbonyl (C=O) groups excluding carboxylic acids is 1. The predicted octanol–water partition coefficient (Wildman–Crippen LogP) is 6.03. The zero-order valence-electron chi connectivity index (χ0n) is 23.9. The summed E-state index contributed by atoms with van der Waals surface area (Å²) in [7, 11) is 0. The summed E-state index contributed by atoms with van der Waals surface area (Å²) >= 11 is 6.69. The van der Waals surface area contributed by atoms with E-state index in [1.807, 2.05) is 23.1 Å². The van der Waals surface area contributed by atoms with Gasteiger partial charge in [-0.2, -0.15) is 9.97 Å². The predicted molar refractivity (Wildman–Crippen MR) is 167 cm³/mol. The molecule has 7 nitrogen and oxygen atoms in total. The van der Waals surface area contributed by atoms with E-state index in [-0.39, 0.29) is 23.5 Å². The number of alkyl halides is 1. The number of benzene rings is 3. The number of anilines is 1. The smallest absolute Gasteiger partial charge is 0.319 e. The Morgan fingerprint density at radius 1 is 1.12 bits per heavy atom. The lowest BCUT2D eigenvalue weighted by atomic mass is 9.95. The Bertz CT molecular complexity index is 1780. The highest BCUT2D eigenvalue weighted by molar-refractivity contribution is 6.36. The molecular weight excluding hydrogens is 565 g/mol. The number of halogens is 2. The van der Waals surface area contributed by atoms with Crippen molar-refractivity contribution in [2.45, 2.75) is 49.5 Å². The van der Waals surface area contributed by atoms with E-state index in [0.29, 0.717) is 43.7 Å². The summed E-state index contributed by atoms with van der Waals surface area (Å²) in [5.74, 6) is 0.789. The molecular formula is C34H33ClFN5O2. The van der Waals surface area contributed by atoms with Gasteiger partial charge in [0.2, 0.25) is 5.91 Å². The van der Waals surface area contributed by atoms with Crippen LogP contribution in [0.1, 0.15) is 25.7 Å². The number of hydrogen-bond acceptors (Lipinski definition) is 6. The van der Waals surface area contributed by atoms with Crippen molar-refractivity contribution in [3.63, 3.8) is 0 Å². The summed E-state index contributed by atoms with van der Waals surface area (Å²) < 4.78 is 20.8. The molecule has 0 N–H and O–H groups in total. The lowest BCUT2D eigenvalue weighted by molar-refractivity contribution is -0.127. The first kappa shape index (κ1) is 26.8. The van der Waals surface area contributed by atoms with E-state index in [9.17, 15) is 9.18 Å². The highest BCUT2D eigenvalue weighted by atomic mass is 35.5. The molecule has 1 aromatic heterocycles. The van der Waals surface area contributed by atoms with Gasteiger partial charge >= 0.3 is 6.01 Å². The SMILES string of the molecule is C=CC(=O)N1CC[C@@H]2[C@H]1CN2c1nc(OC[C@@]23CCCN2C[C@H](F)C3)nc2cc(-c3cccc4cccc(Cl)c34)ccc12. The van der Waals surface area contributed by atoms with Gasteiger partial charge in [-0.15, -0.1) is 0 Å². The number of rotatable bonds is 6. The highest BCUT2D eigenvalue weighted by Gasteiger charge is 2.50. The molecule has 220 valence electrons.